The summed E-state index contributed by atoms with van der Waals surface area (Å²) in [5.41, 5.74) is 2.00. The predicted molar refractivity (Wildman–Crippen MR) is 93.6 cm³/mol. The lowest BCUT2D eigenvalue weighted by molar-refractivity contribution is 0.0628. The molecule has 0 saturated carbocycles. The van der Waals surface area contributed by atoms with Crippen molar-refractivity contribution in [2.24, 2.45) is 0 Å². The van der Waals surface area contributed by atoms with Gasteiger partial charge in [-0.1, -0.05) is 12.1 Å². The number of aromatic nitrogens is 1. The van der Waals surface area contributed by atoms with E-state index >= 15 is 0 Å². The molecule has 2 aromatic rings. The van der Waals surface area contributed by atoms with Crippen molar-refractivity contribution in [2.45, 2.75) is 11.4 Å². The van der Waals surface area contributed by atoms with Crippen molar-refractivity contribution in [3.8, 4) is 0 Å². The zero-order valence-corrected chi connectivity index (χ0v) is 14.1. The van der Waals surface area contributed by atoms with E-state index in [0.717, 1.165) is 32.7 Å². The van der Waals surface area contributed by atoms with Gasteiger partial charge >= 0.3 is 0 Å². The van der Waals surface area contributed by atoms with Crippen LogP contribution in [-0.2, 0) is 6.54 Å². The Labute approximate surface area is 141 Å². The average Bonchev–Trinajstić information content (AvgIpc) is 2.63. The van der Waals surface area contributed by atoms with Crippen LogP contribution in [0.4, 0.5) is 0 Å². The molecule has 5 heteroatoms. The molecule has 23 heavy (non-hydrogen) atoms. The van der Waals surface area contributed by atoms with E-state index in [-0.39, 0.29) is 5.91 Å². The fourth-order valence-electron chi connectivity index (χ4n) is 2.77. The number of rotatable bonds is 4. The van der Waals surface area contributed by atoms with Gasteiger partial charge in [-0.15, -0.1) is 11.8 Å². The lowest BCUT2D eigenvalue weighted by Crippen LogP contribution is -2.48. The van der Waals surface area contributed by atoms with Crippen molar-refractivity contribution < 1.29 is 4.79 Å². The number of pyridine rings is 1. The molecule has 1 saturated heterocycles. The molecule has 0 atom stereocenters. The summed E-state index contributed by atoms with van der Waals surface area (Å²) in [4.78, 5) is 22.0. The van der Waals surface area contributed by atoms with Gasteiger partial charge in [-0.05, 0) is 36.1 Å². The van der Waals surface area contributed by atoms with Crippen LogP contribution in [0.15, 0.2) is 53.7 Å². The van der Waals surface area contributed by atoms with E-state index in [1.54, 1.807) is 24.2 Å². The first-order chi connectivity index (χ1) is 11.3. The van der Waals surface area contributed by atoms with Gasteiger partial charge in [0.15, 0.2) is 0 Å². The maximum Gasteiger partial charge on any atom is 0.255 e. The number of benzene rings is 1. The Morgan fingerprint density at radius 1 is 1.13 bits per heavy atom. The molecule has 3 rings (SSSR count). The molecule has 1 fully saturated rings. The number of carbonyl (C=O) groups is 1. The van der Waals surface area contributed by atoms with Gasteiger partial charge in [-0.3, -0.25) is 14.7 Å². The smallest absolute Gasteiger partial charge is 0.255 e. The maximum atomic E-state index is 12.4. The van der Waals surface area contributed by atoms with Crippen LogP contribution in [0.5, 0.6) is 0 Å². The van der Waals surface area contributed by atoms with Gasteiger partial charge in [0, 0.05) is 50.0 Å². The molecular weight excluding hydrogens is 306 g/mol. The standard InChI is InChI=1S/C18H21N3OS/c1-23-17-6-4-15(5-7-17)14-20-9-11-21(12-10-20)18(22)16-3-2-8-19-13-16/h2-8,13H,9-12,14H2,1H3. The molecule has 0 spiro atoms. The van der Waals surface area contributed by atoms with Gasteiger partial charge in [0.1, 0.15) is 0 Å². The second-order valence-electron chi connectivity index (χ2n) is 5.66. The Balaban J connectivity index is 1.53. The maximum absolute atomic E-state index is 12.4. The zero-order chi connectivity index (χ0) is 16.1. The van der Waals surface area contributed by atoms with Crippen LogP contribution in [0, 0.1) is 0 Å². The van der Waals surface area contributed by atoms with Crippen LogP contribution >= 0.6 is 11.8 Å². The fraction of sp³-hybridized carbons (Fsp3) is 0.333. The Bertz CT molecular complexity index is 637. The summed E-state index contributed by atoms with van der Waals surface area (Å²) >= 11 is 1.76. The summed E-state index contributed by atoms with van der Waals surface area (Å²) < 4.78 is 0. The lowest BCUT2D eigenvalue weighted by Gasteiger charge is -2.34. The second-order valence-corrected chi connectivity index (χ2v) is 6.54. The van der Waals surface area contributed by atoms with Crippen LogP contribution in [0.3, 0.4) is 0 Å². The van der Waals surface area contributed by atoms with E-state index in [2.05, 4.69) is 40.4 Å². The summed E-state index contributed by atoms with van der Waals surface area (Å²) in [6.45, 7) is 4.32. The Morgan fingerprint density at radius 2 is 1.87 bits per heavy atom. The molecule has 1 aromatic heterocycles. The Hall–Kier alpha value is -1.85. The molecule has 0 N–H and O–H groups in total. The van der Waals surface area contributed by atoms with E-state index in [9.17, 15) is 4.79 Å². The number of hydrogen-bond acceptors (Lipinski definition) is 4. The number of amides is 1. The highest BCUT2D eigenvalue weighted by Gasteiger charge is 2.22. The normalized spacial score (nSPS) is 15.6. The molecule has 0 aliphatic carbocycles. The van der Waals surface area contributed by atoms with Gasteiger partial charge in [0.25, 0.3) is 5.91 Å². The molecule has 0 unspecified atom stereocenters. The molecule has 1 aliphatic heterocycles. The van der Waals surface area contributed by atoms with Gasteiger partial charge < -0.3 is 4.90 Å². The number of thioether (sulfide) groups is 1. The third-order valence-corrected chi connectivity index (χ3v) is 4.88. The van der Waals surface area contributed by atoms with Crippen LogP contribution in [0.2, 0.25) is 0 Å². The summed E-state index contributed by atoms with van der Waals surface area (Å²) in [5.74, 6) is 0.0853. The van der Waals surface area contributed by atoms with E-state index in [0.29, 0.717) is 5.56 Å². The predicted octanol–water partition coefficient (Wildman–Crippen LogP) is 2.76. The molecule has 120 valence electrons. The quantitative estimate of drug-likeness (QED) is 0.809. The topological polar surface area (TPSA) is 36.4 Å². The van der Waals surface area contributed by atoms with Crippen LogP contribution < -0.4 is 0 Å². The van der Waals surface area contributed by atoms with E-state index < -0.39 is 0 Å². The third-order valence-electron chi connectivity index (χ3n) is 4.13. The third kappa shape index (κ3) is 4.12. The Kier molecular flexibility index (Phi) is 5.31. The number of hydrogen-bond donors (Lipinski definition) is 0. The van der Waals surface area contributed by atoms with Crippen LogP contribution in [0.1, 0.15) is 15.9 Å². The van der Waals surface area contributed by atoms with E-state index in [1.807, 2.05) is 17.0 Å². The summed E-state index contributed by atoms with van der Waals surface area (Å²) in [6.07, 6.45) is 5.42. The molecule has 1 aliphatic rings. The first kappa shape index (κ1) is 16.0. The summed E-state index contributed by atoms with van der Waals surface area (Å²) in [6, 6.07) is 12.4. The largest absolute Gasteiger partial charge is 0.336 e. The van der Waals surface area contributed by atoms with Gasteiger partial charge in [-0.25, -0.2) is 0 Å². The minimum absolute atomic E-state index is 0.0853. The van der Waals surface area contributed by atoms with Crippen molar-refractivity contribution in [2.75, 3.05) is 32.4 Å². The SMILES string of the molecule is CSc1ccc(CN2CCN(C(=O)c3cccnc3)CC2)cc1. The van der Waals surface area contributed by atoms with Gasteiger partial charge in [0.05, 0.1) is 5.56 Å². The van der Waals surface area contributed by atoms with Crippen molar-refractivity contribution in [3.05, 3.63) is 59.9 Å². The van der Waals surface area contributed by atoms with Crippen molar-refractivity contribution in [3.63, 3.8) is 0 Å². The molecule has 1 aromatic carbocycles. The van der Waals surface area contributed by atoms with Gasteiger partial charge in [-0.2, -0.15) is 0 Å². The monoisotopic (exact) mass is 327 g/mol. The number of nitrogens with zero attached hydrogens (tertiary/aromatic N) is 3. The highest BCUT2D eigenvalue weighted by Crippen LogP contribution is 2.16. The van der Waals surface area contributed by atoms with Crippen LogP contribution in [-0.4, -0.2) is 53.1 Å². The highest BCUT2D eigenvalue weighted by molar-refractivity contribution is 7.98. The van der Waals surface area contributed by atoms with Gasteiger partial charge in [0.2, 0.25) is 0 Å². The van der Waals surface area contributed by atoms with Crippen molar-refractivity contribution in [1.29, 1.82) is 0 Å². The fourth-order valence-corrected chi connectivity index (χ4v) is 3.18. The molecular formula is C18H21N3OS. The summed E-state index contributed by atoms with van der Waals surface area (Å²) in [7, 11) is 0. The van der Waals surface area contributed by atoms with Crippen molar-refractivity contribution >= 4 is 17.7 Å². The average molecular weight is 327 g/mol. The Morgan fingerprint density at radius 3 is 2.48 bits per heavy atom. The molecule has 1 amide bonds. The molecule has 0 radical (unpaired) electrons. The molecule has 2 heterocycles. The molecule has 4 nitrogen and oxygen atoms in total. The minimum Gasteiger partial charge on any atom is -0.336 e. The number of carbonyl (C=O) groups excluding carboxylic acids is 1. The minimum atomic E-state index is 0.0853. The molecule has 0 bridgehead atoms. The summed E-state index contributed by atoms with van der Waals surface area (Å²) in [5, 5.41) is 0. The second kappa shape index (κ2) is 7.62. The first-order valence-electron chi connectivity index (χ1n) is 7.81. The van der Waals surface area contributed by atoms with E-state index in [1.165, 1.54) is 10.5 Å². The number of piperazine rings is 1. The lowest BCUT2D eigenvalue weighted by atomic mass is 10.2. The zero-order valence-electron chi connectivity index (χ0n) is 13.3. The van der Waals surface area contributed by atoms with Crippen LogP contribution in [0.25, 0.3) is 0 Å². The van der Waals surface area contributed by atoms with E-state index in [4.69, 9.17) is 0 Å². The highest BCUT2D eigenvalue weighted by atomic mass is 32.2. The first-order valence-corrected chi connectivity index (χ1v) is 9.03. The van der Waals surface area contributed by atoms with Crippen molar-refractivity contribution in [1.82, 2.24) is 14.8 Å².